The zero-order valence-corrected chi connectivity index (χ0v) is 18.7. The average molecular weight is 517 g/mol. The van der Waals surface area contributed by atoms with Gasteiger partial charge in [0.25, 0.3) is 0 Å². The summed E-state index contributed by atoms with van der Waals surface area (Å²) in [4.78, 5) is 9.54. The quantitative estimate of drug-likeness (QED) is 0.356. The molecule has 0 saturated heterocycles. The van der Waals surface area contributed by atoms with Crippen LogP contribution in [0.5, 0.6) is 0 Å². The number of rotatable bonds is 1. The first-order valence-corrected chi connectivity index (χ1v) is 11.6. The van der Waals surface area contributed by atoms with Crippen molar-refractivity contribution in [1.29, 1.82) is 0 Å². The third kappa shape index (κ3) is 4.13. The lowest BCUT2D eigenvalue weighted by atomic mass is 10.1. The summed E-state index contributed by atoms with van der Waals surface area (Å²) in [5, 5.41) is 1.85. The molecule has 1 aromatic heterocycles. The van der Waals surface area contributed by atoms with E-state index in [9.17, 15) is 26.3 Å². The fourth-order valence-corrected chi connectivity index (χ4v) is 6.13. The summed E-state index contributed by atoms with van der Waals surface area (Å²) in [6.45, 7) is -0.0688. The monoisotopic (exact) mass is 516 g/mol. The molecular formula is C22H11ClF6N2S2. The highest BCUT2D eigenvalue weighted by molar-refractivity contribution is 8.18. The molecule has 0 aromatic carbocycles. The van der Waals surface area contributed by atoms with Gasteiger partial charge in [0, 0.05) is 22.4 Å². The van der Waals surface area contributed by atoms with Crippen LogP contribution < -0.4 is 0 Å². The molecule has 5 rings (SSSR count). The SMILES string of the molecule is FC(F)(F)C1=CC2=C3SC=CC=C3CC2=C2SC(c3ncc(C(F)(F)F)cc3Cl)=NCC2=C1. The van der Waals surface area contributed by atoms with E-state index < -0.39 is 23.5 Å². The second-order valence-corrected chi connectivity index (χ2v) is 9.73. The summed E-state index contributed by atoms with van der Waals surface area (Å²) in [5.74, 6) is 0. The molecule has 0 N–H and O–H groups in total. The number of pyridine rings is 1. The van der Waals surface area contributed by atoms with Crippen molar-refractivity contribution in [3.63, 3.8) is 0 Å². The minimum Gasteiger partial charge on any atom is -0.271 e. The van der Waals surface area contributed by atoms with E-state index in [4.69, 9.17) is 11.6 Å². The molecule has 0 spiro atoms. The molecule has 4 aliphatic rings. The first-order chi connectivity index (χ1) is 15.5. The van der Waals surface area contributed by atoms with E-state index in [0.717, 1.165) is 40.0 Å². The molecule has 2 aliphatic heterocycles. The van der Waals surface area contributed by atoms with Gasteiger partial charge in [-0.05, 0) is 45.9 Å². The fraction of sp³-hybridized carbons (Fsp3) is 0.182. The van der Waals surface area contributed by atoms with Gasteiger partial charge in [0.05, 0.1) is 22.7 Å². The number of aliphatic imine (C=N–C) groups is 1. The number of allylic oxidation sites excluding steroid dienone is 8. The molecule has 0 fully saturated rings. The molecule has 33 heavy (non-hydrogen) atoms. The van der Waals surface area contributed by atoms with Gasteiger partial charge in [-0.3, -0.25) is 9.98 Å². The smallest absolute Gasteiger partial charge is 0.271 e. The van der Waals surface area contributed by atoms with Crippen molar-refractivity contribution < 1.29 is 26.3 Å². The van der Waals surface area contributed by atoms with Crippen LogP contribution in [0.1, 0.15) is 17.7 Å². The van der Waals surface area contributed by atoms with E-state index in [1.807, 2.05) is 17.6 Å². The molecule has 0 radical (unpaired) electrons. The summed E-state index contributed by atoms with van der Waals surface area (Å²) in [6.07, 6.45) is -2.04. The Labute approximate surface area is 197 Å². The van der Waals surface area contributed by atoms with Crippen molar-refractivity contribution >= 4 is 40.2 Å². The maximum Gasteiger partial charge on any atom is 0.417 e. The number of thioether (sulfide) groups is 2. The van der Waals surface area contributed by atoms with E-state index in [1.165, 1.54) is 17.8 Å². The number of aromatic nitrogens is 1. The predicted molar refractivity (Wildman–Crippen MR) is 119 cm³/mol. The Morgan fingerprint density at radius 2 is 1.76 bits per heavy atom. The topological polar surface area (TPSA) is 25.2 Å². The van der Waals surface area contributed by atoms with E-state index >= 15 is 0 Å². The van der Waals surface area contributed by atoms with Crippen molar-refractivity contribution in [2.45, 2.75) is 18.8 Å². The Kier molecular flexibility index (Phi) is 5.45. The minimum absolute atomic E-state index is 0.0648. The Balaban J connectivity index is 1.62. The zero-order valence-electron chi connectivity index (χ0n) is 16.3. The van der Waals surface area contributed by atoms with E-state index in [0.29, 0.717) is 28.7 Å². The lowest BCUT2D eigenvalue weighted by Gasteiger charge is -2.20. The summed E-state index contributed by atoms with van der Waals surface area (Å²) in [5.41, 5.74) is 0.871. The normalized spacial score (nSPS) is 20.5. The van der Waals surface area contributed by atoms with Crippen LogP contribution in [0.2, 0.25) is 5.02 Å². The molecule has 3 heterocycles. The highest BCUT2D eigenvalue weighted by atomic mass is 35.5. The Hall–Kier alpha value is -2.17. The molecule has 0 bridgehead atoms. The van der Waals surface area contributed by atoms with Crippen LogP contribution in [-0.4, -0.2) is 22.7 Å². The summed E-state index contributed by atoms with van der Waals surface area (Å²) in [6, 6.07) is 0.775. The Morgan fingerprint density at radius 3 is 2.45 bits per heavy atom. The van der Waals surface area contributed by atoms with Crippen molar-refractivity contribution in [3.8, 4) is 0 Å². The maximum absolute atomic E-state index is 13.7. The standard InChI is InChI=1S/C22H11ClF6N2S2/c23-16-7-13(22(27,28)29)9-30-17(16)20-31-8-11-4-12(21(24,25)26)6-15-14(19(11)33-20)5-10-2-1-3-32-18(10)15/h1-4,6-7,9H,5,8H2. The van der Waals surface area contributed by atoms with Crippen molar-refractivity contribution in [1.82, 2.24) is 4.98 Å². The first-order valence-electron chi connectivity index (χ1n) is 9.48. The number of fused-ring (bicyclic) bond motifs is 3. The highest BCUT2D eigenvalue weighted by Crippen LogP contribution is 2.52. The van der Waals surface area contributed by atoms with E-state index in [-0.39, 0.29) is 22.3 Å². The molecule has 1 aromatic rings. The number of hydrogen-bond acceptors (Lipinski definition) is 4. The molecule has 2 nitrogen and oxygen atoms in total. The second kappa shape index (κ2) is 7.95. The first kappa shape index (κ1) is 22.6. The van der Waals surface area contributed by atoms with Gasteiger partial charge >= 0.3 is 12.4 Å². The predicted octanol–water partition coefficient (Wildman–Crippen LogP) is 7.77. The minimum atomic E-state index is -4.60. The lowest BCUT2D eigenvalue weighted by molar-refractivity contribution is -0.137. The van der Waals surface area contributed by atoms with Gasteiger partial charge in [-0.15, -0.1) is 0 Å². The molecule has 0 saturated carbocycles. The van der Waals surface area contributed by atoms with Crippen LogP contribution in [0.25, 0.3) is 0 Å². The van der Waals surface area contributed by atoms with Crippen LogP contribution in [0, 0.1) is 0 Å². The van der Waals surface area contributed by atoms with E-state index in [1.54, 1.807) is 0 Å². The summed E-state index contributed by atoms with van der Waals surface area (Å²) in [7, 11) is 0. The molecule has 170 valence electrons. The second-order valence-electron chi connectivity index (χ2n) is 7.41. The molecule has 11 heteroatoms. The zero-order chi connectivity index (χ0) is 23.5. The molecule has 2 aliphatic carbocycles. The molecule has 0 amide bonds. The molecule has 0 atom stereocenters. The Morgan fingerprint density at radius 1 is 0.970 bits per heavy atom. The van der Waals surface area contributed by atoms with Crippen molar-refractivity contribution in [2.75, 3.05) is 6.54 Å². The van der Waals surface area contributed by atoms with Gasteiger partial charge in [0.2, 0.25) is 0 Å². The van der Waals surface area contributed by atoms with Crippen LogP contribution in [0.4, 0.5) is 26.3 Å². The van der Waals surface area contributed by atoms with Crippen molar-refractivity contribution in [3.05, 3.63) is 95.9 Å². The average Bonchev–Trinajstić information content (AvgIpc) is 3.02. The van der Waals surface area contributed by atoms with E-state index in [2.05, 4.69) is 9.98 Å². The largest absolute Gasteiger partial charge is 0.417 e. The van der Waals surface area contributed by atoms with Crippen LogP contribution in [-0.2, 0) is 6.18 Å². The third-order valence-corrected chi connectivity index (χ3v) is 7.80. The van der Waals surface area contributed by atoms with Crippen LogP contribution in [0.15, 0.2) is 84.6 Å². The number of hydrogen-bond donors (Lipinski definition) is 0. The van der Waals surface area contributed by atoms with Gasteiger partial charge in [0.15, 0.2) is 0 Å². The van der Waals surface area contributed by atoms with Crippen LogP contribution in [0.3, 0.4) is 0 Å². The number of alkyl halides is 6. The molecule has 0 unspecified atom stereocenters. The van der Waals surface area contributed by atoms with Gasteiger partial charge in [0.1, 0.15) is 10.7 Å². The van der Waals surface area contributed by atoms with Gasteiger partial charge in [-0.1, -0.05) is 47.3 Å². The lowest BCUT2D eigenvalue weighted by Crippen LogP contribution is -2.14. The maximum atomic E-state index is 13.7. The summed E-state index contributed by atoms with van der Waals surface area (Å²) >= 11 is 8.55. The number of nitrogens with zero attached hydrogens (tertiary/aromatic N) is 2. The van der Waals surface area contributed by atoms with Gasteiger partial charge in [-0.2, -0.15) is 26.3 Å². The highest BCUT2D eigenvalue weighted by Gasteiger charge is 2.39. The number of halogens is 7. The summed E-state index contributed by atoms with van der Waals surface area (Å²) < 4.78 is 80.1. The fourth-order valence-electron chi connectivity index (χ4n) is 3.78. The van der Waals surface area contributed by atoms with Crippen LogP contribution >= 0.6 is 35.1 Å². The van der Waals surface area contributed by atoms with Crippen molar-refractivity contribution in [2.24, 2.45) is 4.99 Å². The molecular weight excluding hydrogens is 506 g/mol. The third-order valence-electron chi connectivity index (χ3n) is 5.28. The van der Waals surface area contributed by atoms with Gasteiger partial charge < -0.3 is 0 Å². The van der Waals surface area contributed by atoms with Gasteiger partial charge in [-0.25, -0.2) is 0 Å². The Bertz CT molecular complexity index is 1290.